The molecule has 0 bridgehead atoms. The van der Waals surface area contributed by atoms with Crippen molar-refractivity contribution in [2.24, 2.45) is 4.99 Å². The average Bonchev–Trinajstić information content (AvgIpc) is 2.78. The Balaban J connectivity index is 2.31. The molecule has 0 saturated heterocycles. The minimum atomic E-state index is -4.48. The lowest BCUT2D eigenvalue weighted by Gasteiger charge is -2.28. The van der Waals surface area contributed by atoms with Crippen LogP contribution in [0.1, 0.15) is 45.2 Å². The van der Waals surface area contributed by atoms with Gasteiger partial charge >= 0.3 is 6.18 Å². The van der Waals surface area contributed by atoms with Crippen molar-refractivity contribution in [2.75, 3.05) is 29.0 Å². The number of aromatic nitrogens is 2. The minimum absolute atomic E-state index is 0.0397. The fraction of sp³-hybridized carbons (Fsp3) is 0.391. The first-order valence-corrected chi connectivity index (χ1v) is 10.8. The quantitative estimate of drug-likeness (QED) is 0.221. The first-order chi connectivity index (χ1) is 16.1. The third-order valence-corrected chi connectivity index (χ3v) is 4.94. The zero-order chi connectivity index (χ0) is 25.3. The molecule has 1 atom stereocenters. The second-order valence-electron chi connectivity index (χ2n) is 7.64. The maximum Gasteiger partial charge on any atom is 0.416 e. The number of alkyl halides is 3. The SMILES string of the molecule is C/C=C(/C)c1c(N)ncnc1N(CCC)C[C@H](C)N=C(NC#N)Nc1cccc(C(F)(F)F)c1. The monoisotopic (exact) mass is 474 g/mol. The van der Waals surface area contributed by atoms with Crippen LogP contribution < -0.4 is 21.3 Å². The highest BCUT2D eigenvalue weighted by atomic mass is 19.4. The number of aliphatic imine (C=N–C) groups is 1. The zero-order valence-electron chi connectivity index (χ0n) is 19.6. The lowest BCUT2D eigenvalue weighted by Crippen LogP contribution is -2.35. The zero-order valence-corrected chi connectivity index (χ0v) is 19.6. The summed E-state index contributed by atoms with van der Waals surface area (Å²) in [6.07, 6.45) is 1.46. The number of allylic oxidation sites excluding steroid dienone is 2. The van der Waals surface area contributed by atoms with Gasteiger partial charge in [0.1, 0.15) is 18.0 Å². The standard InChI is InChI=1S/C23H29F3N8/c1-5-10-34(21-19(15(3)6-2)20(28)30-14-31-21)12-16(4)32-22(29-13-27)33-18-9-7-8-17(11-18)23(24,25)26/h6-9,11,14,16H,5,10,12H2,1-4H3,(H2,28,30,31)(H2,29,32,33)/b15-6-/t16-/m0/s1. The van der Waals surface area contributed by atoms with Crippen LogP contribution in [0, 0.1) is 11.5 Å². The maximum atomic E-state index is 13.0. The summed E-state index contributed by atoms with van der Waals surface area (Å²) in [6.45, 7) is 8.80. The van der Waals surface area contributed by atoms with Gasteiger partial charge in [-0.25, -0.2) is 15.0 Å². The van der Waals surface area contributed by atoms with E-state index in [9.17, 15) is 13.2 Å². The van der Waals surface area contributed by atoms with Crippen molar-refractivity contribution in [3.05, 3.63) is 47.8 Å². The van der Waals surface area contributed by atoms with Gasteiger partial charge in [0.25, 0.3) is 0 Å². The second kappa shape index (κ2) is 11.9. The van der Waals surface area contributed by atoms with Crippen LogP contribution in [0.15, 0.2) is 41.7 Å². The fourth-order valence-electron chi connectivity index (χ4n) is 3.34. The Hall–Kier alpha value is -3.81. The third-order valence-electron chi connectivity index (χ3n) is 4.94. The molecule has 0 aliphatic carbocycles. The van der Waals surface area contributed by atoms with Crippen molar-refractivity contribution in [2.45, 2.75) is 46.3 Å². The van der Waals surface area contributed by atoms with Crippen molar-refractivity contribution in [3.63, 3.8) is 0 Å². The molecule has 2 rings (SSSR count). The van der Waals surface area contributed by atoms with Gasteiger partial charge < -0.3 is 16.0 Å². The molecule has 0 fully saturated rings. The minimum Gasteiger partial charge on any atom is -0.383 e. The van der Waals surface area contributed by atoms with E-state index >= 15 is 0 Å². The van der Waals surface area contributed by atoms with E-state index < -0.39 is 11.7 Å². The molecule has 1 aromatic heterocycles. The molecule has 0 saturated carbocycles. The van der Waals surface area contributed by atoms with E-state index in [4.69, 9.17) is 11.0 Å². The maximum absolute atomic E-state index is 13.0. The van der Waals surface area contributed by atoms with Crippen LogP contribution in [0.4, 0.5) is 30.5 Å². The van der Waals surface area contributed by atoms with E-state index in [-0.39, 0.29) is 17.7 Å². The van der Waals surface area contributed by atoms with Crippen molar-refractivity contribution in [1.29, 1.82) is 5.26 Å². The molecule has 4 N–H and O–H groups in total. The molecule has 0 amide bonds. The molecule has 8 nitrogen and oxygen atoms in total. The van der Waals surface area contributed by atoms with Crippen LogP contribution in [0.5, 0.6) is 0 Å². The van der Waals surface area contributed by atoms with Gasteiger partial charge in [-0.1, -0.05) is 19.1 Å². The number of nitrogens with zero attached hydrogens (tertiary/aromatic N) is 5. The Labute approximate surface area is 197 Å². The molecule has 182 valence electrons. The smallest absolute Gasteiger partial charge is 0.383 e. The number of hydrogen-bond donors (Lipinski definition) is 3. The predicted octanol–water partition coefficient (Wildman–Crippen LogP) is 4.64. The van der Waals surface area contributed by atoms with Crippen LogP contribution in [0.25, 0.3) is 5.57 Å². The molecule has 1 aromatic carbocycles. The second-order valence-corrected chi connectivity index (χ2v) is 7.64. The van der Waals surface area contributed by atoms with Crippen LogP contribution in [-0.4, -0.2) is 35.1 Å². The third kappa shape index (κ3) is 7.10. The summed E-state index contributed by atoms with van der Waals surface area (Å²) in [5.41, 5.74) is 7.16. The van der Waals surface area contributed by atoms with Crippen LogP contribution in [0.2, 0.25) is 0 Å². The van der Waals surface area contributed by atoms with E-state index in [0.717, 1.165) is 29.7 Å². The Bertz CT molecular complexity index is 1070. The van der Waals surface area contributed by atoms with Crippen LogP contribution in [0.3, 0.4) is 0 Å². The molecule has 34 heavy (non-hydrogen) atoms. The summed E-state index contributed by atoms with van der Waals surface area (Å²) in [5, 5.41) is 14.3. The first-order valence-electron chi connectivity index (χ1n) is 10.8. The van der Waals surface area contributed by atoms with E-state index in [1.54, 1.807) is 6.19 Å². The van der Waals surface area contributed by atoms with Gasteiger partial charge in [-0.05, 0) is 51.0 Å². The van der Waals surface area contributed by atoms with Gasteiger partial charge in [-0.3, -0.25) is 5.32 Å². The van der Waals surface area contributed by atoms with E-state index in [2.05, 4.69) is 25.6 Å². The number of hydrogen-bond acceptors (Lipinski definition) is 6. The van der Waals surface area contributed by atoms with Crippen molar-refractivity contribution in [3.8, 4) is 6.19 Å². The van der Waals surface area contributed by atoms with Gasteiger partial charge in [0, 0.05) is 18.8 Å². The Morgan fingerprint density at radius 3 is 2.71 bits per heavy atom. The van der Waals surface area contributed by atoms with Crippen molar-refractivity contribution < 1.29 is 13.2 Å². The predicted molar refractivity (Wildman–Crippen MR) is 129 cm³/mol. The van der Waals surface area contributed by atoms with Gasteiger partial charge in [0.05, 0.1) is 17.2 Å². The normalized spacial score (nSPS) is 13.2. The fourth-order valence-corrected chi connectivity index (χ4v) is 3.34. The molecule has 2 aromatic rings. The average molecular weight is 475 g/mol. The summed E-state index contributed by atoms with van der Waals surface area (Å²) in [4.78, 5) is 15.1. The Morgan fingerprint density at radius 1 is 1.35 bits per heavy atom. The summed E-state index contributed by atoms with van der Waals surface area (Å²) >= 11 is 0. The number of guanidine groups is 1. The van der Waals surface area contributed by atoms with E-state index in [0.29, 0.717) is 24.7 Å². The molecule has 0 radical (unpaired) electrons. The summed E-state index contributed by atoms with van der Waals surface area (Å²) < 4.78 is 39.1. The number of rotatable bonds is 8. The van der Waals surface area contributed by atoms with Gasteiger partial charge in [-0.2, -0.15) is 18.4 Å². The molecular formula is C23H29F3N8. The van der Waals surface area contributed by atoms with Gasteiger partial charge in [0.2, 0.25) is 5.96 Å². The molecule has 1 heterocycles. The lowest BCUT2D eigenvalue weighted by molar-refractivity contribution is -0.137. The van der Waals surface area contributed by atoms with Crippen molar-refractivity contribution >= 4 is 28.9 Å². The summed E-state index contributed by atoms with van der Waals surface area (Å²) in [5.74, 6) is 1.08. The number of nitriles is 1. The topological polar surface area (TPSA) is 115 Å². The first kappa shape index (κ1) is 26.4. The molecule has 0 aliphatic heterocycles. The number of nitrogens with one attached hydrogen (secondary N) is 2. The van der Waals surface area contributed by atoms with Crippen LogP contribution >= 0.6 is 0 Å². The van der Waals surface area contributed by atoms with E-state index in [1.807, 2.05) is 38.7 Å². The van der Waals surface area contributed by atoms with Crippen molar-refractivity contribution in [1.82, 2.24) is 15.3 Å². The molecule has 0 aliphatic rings. The number of nitrogens with two attached hydrogens (primary N) is 1. The number of anilines is 3. The summed E-state index contributed by atoms with van der Waals surface area (Å²) in [7, 11) is 0. The lowest BCUT2D eigenvalue weighted by atomic mass is 10.1. The Kier molecular flexibility index (Phi) is 9.24. The molecule has 0 unspecified atom stereocenters. The highest BCUT2D eigenvalue weighted by Crippen LogP contribution is 2.31. The molecule has 11 heteroatoms. The molecule has 0 spiro atoms. The number of halogens is 3. The van der Waals surface area contributed by atoms with E-state index in [1.165, 1.54) is 18.5 Å². The number of benzene rings is 1. The number of nitrogen functional groups attached to an aromatic ring is 1. The summed E-state index contributed by atoms with van der Waals surface area (Å²) in [6, 6.07) is 4.33. The highest BCUT2D eigenvalue weighted by molar-refractivity contribution is 5.94. The van der Waals surface area contributed by atoms with Crippen LogP contribution in [-0.2, 0) is 6.18 Å². The Morgan fingerprint density at radius 2 is 2.09 bits per heavy atom. The molecular weight excluding hydrogens is 445 g/mol. The van der Waals surface area contributed by atoms with Gasteiger partial charge in [-0.15, -0.1) is 0 Å². The van der Waals surface area contributed by atoms with Gasteiger partial charge in [0.15, 0.2) is 6.19 Å². The largest absolute Gasteiger partial charge is 0.416 e. The highest BCUT2D eigenvalue weighted by Gasteiger charge is 2.30.